The molecule has 5 aromatic rings. The van der Waals surface area contributed by atoms with Crippen LogP contribution in [0.15, 0.2) is 94.6 Å². The van der Waals surface area contributed by atoms with Crippen LogP contribution in [0.25, 0.3) is 10.8 Å². The van der Waals surface area contributed by atoms with Gasteiger partial charge in [0, 0.05) is 16.5 Å². The summed E-state index contributed by atoms with van der Waals surface area (Å²) in [5, 5.41) is 64.5. The third-order valence-corrected chi connectivity index (χ3v) is 11.9. The number of benzene rings is 4. The lowest BCUT2D eigenvalue weighted by molar-refractivity contribution is -0.434. The van der Waals surface area contributed by atoms with Gasteiger partial charge in [0.05, 0.1) is 39.9 Å². The Hall–Kier alpha value is -5.48. The molecule has 0 aliphatic carbocycles. The monoisotopic (exact) mass is 963 g/mol. The van der Waals surface area contributed by atoms with Gasteiger partial charge < -0.3 is 16.2 Å². The molecule has 0 aliphatic rings. The number of nitriles is 1. The van der Waals surface area contributed by atoms with Crippen molar-refractivity contribution in [2.75, 3.05) is 28.7 Å². The zero-order chi connectivity index (χ0) is 44.5. The van der Waals surface area contributed by atoms with Gasteiger partial charge in [0.1, 0.15) is 32.5 Å². The molecule has 4 aromatic carbocycles. The van der Waals surface area contributed by atoms with E-state index in [4.69, 9.17) is 37.3 Å². The van der Waals surface area contributed by atoms with Crippen LogP contribution in [0.3, 0.4) is 0 Å². The Labute approximate surface area is 354 Å². The second-order valence-corrected chi connectivity index (χ2v) is 17.5. The van der Waals surface area contributed by atoms with Crippen molar-refractivity contribution in [2.45, 2.75) is 19.6 Å². The Kier molecular flexibility index (Phi) is 15.2. The normalized spacial score (nSPS) is 12.3. The zero-order valence-corrected chi connectivity index (χ0v) is 34.2. The molecule has 61 heavy (non-hydrogen) atoms. The number of nitrogens with zero attached hydrogens (tertiary/aromatic N) is 8. The Balaban J connectivity index is 1.57. The predicted octanol–water partition coefficient (Wildman–Crippen LogP) is 6.13. The number of hydrogen-bond donors (Lipinski definition) is 8. The number of sulfone groups is 1. The SMILES string of the molecule is N#CNc1nc(Cl)nc(Nc2ccc(S(=O)(=O)O)c(/N=N/c3c(SOOO)cc4c(/N=N/c5ccc(S(=O)(=O)CCOSOOO)cc5S(=O)(=O)O)c(N)ccc4c3O)c2)n1. The molecule has 0 unspecified atom stereocenters. The van der Waals surface area contributed by atoms with Crippen LogP contribution in [0.1, 0.15) is 0 Å². The van der Waals surface area contributed by atoms with Crippen LogP contribution < -0.4 is 16.4 Å². The van der Waals surface area contributed by atoms with Crippen molar-refractivity contribution in [3.8, 4) is 11.9 Å². The maximum absolute atomic E-state index is 12.8. The summed E-state index contributed by atoms with van der Waals surface area (Å²) in [6, 6.07) is 9.40. The van der Waals surface area contributed by atoms with Gasteiger partial charge in [0.25, 0.3) is 20.2 Å². The number of nitrogen functional groups attached to an aromatic ring is 1. The van der Waals surface area contributed by atoms with E-state index in [9.17, 15) is 39.5 Å². The van der Waals surface area contributed by atoms with Gasteiger partial charge in [-0.2, -0.15) is 37.0 Å². The fourth-order valence-electron chi connectivity index (χ4n) is 4.79. The van der Waals surface area contributed by atoms with Gasteiger partial charge >= 0.3 is 0 Å². The van der Waals surface area contributed by atoms with Crippen molar-refractivity contribution in [3.63, 3.8) is 0 Å². The van der Waals surface area contributed by atoms with Crippen molar-refractivity contribution in [2.24, 2.45) is 20.5 Å². The molecule has 0 atom stereocenters. The minimum absolute atomic E-state index is 0.0450. The number of anilines is 4. The molecule has 0 aliphatic heterocycles. The third-order valence-electron chi connectivity index (χ3n) is 7.29. The third kappa shape index (κ3) is 11.9. The Morgan fingerprint density at radius 2 is 1.49 bits per heavy atom. The summed E-state index contributed by atoms with van der Waals surface area (Å²) in [7, 11) is -14.4. The van der Waals surface area contributed by atoms with Crippen LogP contribution in [0.4, 0.5) is 46.0 Å². The largest absolute Gasteiger partial charge is 0.505 e. The van der Waals surface area contributed by atoms with E-state index < -0.39 is 79.9 Å². The minimum atomic E-state index is -5.15. The summed E-state index contributed by atoms with van der Waals surface area (Å²) >= 11 is 6.22. The van der Waals surface area contributed by atoms with Crippen LogP contribution in [0.5, 0.6) is 5.75 Å². The van der Waals surface area contributed by atoms with E-state index in [0.717, 1.165) is 24.3 Å². The number of phenolic OH excluding ortho intramolecular Hbond substituents is 1. The van der Waals surface area contributed by atoms with Gasteiger partial charge in [-0.05, 0) is 66.2 Å². The number of hydrogen-bond acceptors (Lipinski definition) is 27. The Bertz CT molecular complexity index is 2930. The van der Waals surface area contributed by atoms with Gasteiger partial charge in [0.2, 0.25) is 17.2 Å². The summed E-state index contributed by atoms with van der Waals surface area (Å²) in [5.41, 5.74) is 4.30. The molecule has 0 bridgehead atoms. The van der Waals surface area contributed by atoms with Crippen LogP contribution in [0, 0.1) is 11.5 Å². The highest BCUT2D eigenvalue weighted by Crippen LogP contribution is 2.48. The summed E-state index contributed by atoms with van der Waals surface area (Å²) in [6.07, 6.45) is 1.60. The van der Waals surface area contributed by atoms with E-state index in [1.807, 2.05) is 0 Å². The Morgan fingerprint density at radius 3 is 2.18 bits per heavy atom. The first kappa shape index (κ1) is 46.6. The lowest BCUT2D eigenvalue weighted by atomic mass is 10.1. The predicted molar refractivity (Wildman–Crippen MR) is 209 cm³/mol. The van der Waals surface area contributed by atoms with E-state index in [1.54, 1.807) is 6.19 Å². The van der Waals surface area contributed by atoms with Gasteiger partial charge in [-0.3, -0.25) is 18.6 Å². The first-order chi connectivity index (χ1) is 28.9. The number of nitrogens with two attached hydrogens (primary N) is 1. The lowest BCUT2D eigenvalue weighted by Gasteiger charge is -2.12. The van der Waals surface area contributed by atoms with Gasteiger partial charge in [-0.25, -0.2) is 18.9 Å². The topological polar surface area (TPSA) is 412 Å². The number of aromatic nitrogens is 3. The molecule has 0 amide bonds. The number of halogens is 1. The first-order valence-corrected chi connectivity index (χ1v) is 21.8. The van der Waals surface area contributed by atoms with Crippen molar-refractivity contribution in [1.29, 1.82) is 5.26 Å². The van der Waals surface area contributed by atoms with Crippen LogP contribution in [0.2, 0.25) is 5.28 Å². The smallest absolute Gasteiger partial charge is 0.296 e. The van der Waals surface area contributed by atoms with E-state index in [2.05, 4.69) is 64.8 Å². The van der Waals surface area contributed by atoms with Crippen molar-refractivity contribution in [3.05, 3.63) is 59.9 Å². The fraction of sp³-hybridized carbons (Fsp3) is 0.0714. The molecule has 5 rings (SSSR count). The molecule has 1 aromatic heterocycles. The Morgan fingerprint density at radius 1 is 0.803 bits per heavy atom. The molecule has 9 N–H and O–H groups in total. The van der Waals surface area contributed by atoms with Crippen molar-refractivity contribution < 1.29 is 72.9 Å². The minimum Gasteiger partial charge on any atom is -0.505 e. The number of rotatable bonds is 19. The maximum atomic E-state index is 12.8. The molecular formula is C28H22ClN11O16S5. The summed E-state index contributed by atoms with van der Waals surface area (Å²) in [5.74, 6) is -1.86. The number of phenols is 1. The van der Waals surface area contributed by atoms with Crippen molar-refractivity contribution >= 4 is 123 Å². The summed E-state index contributed by atoms with van der Waals surface area (Å²) < 4.78 is 108. The van der Waals surface area contributed by atoms with Crippen LogP contribution in [-0.4, -0.2) is 77.3 Å². The number of azo groups is 2. The van der Waals surface area contributed by atoms with Crippen molar-refractivity contribution in [1.82, 2.24) is 15.0 Å². The van der Waals surface area contributed by atoms with E-state index >= 15 is 0 Å². The second kappa shape index (κ2) is 19.9. The highest BCUT2D eigenvalue weighted by atomic mass is 35.5. The standard InChI is InChI=1S/C28H22ClN11O16S5/c29-26-34-27(32-12-30)36-28(35-26)33-13-1-6-21(60(46,47)48)19(9-13)38-40-24-20(57-55-53-42)11-16-15(25(24)41)3-4-17(31)23(16)39-37-18-5-2-14(10-22(18)61(49,50)51)59(44,45)8-7-52-58-56-54-43/h1-6,9-11,41-43H,7-8,31H2,(H,46,47,48)(H,49,50,51)(H2,32,33,34,35,36)/b39-37+,40-38+. The summed E-state index contributed by atoms with van der Waals surface area (Å²) in [4.78, 5) is 8.94. The van der Waals surface area contributed by atoms with Gasteiger partial charge in [-0.1, -0.05) is 10.1 Å². The molecule has 0 saturated heterocycles. The molecule has 1 heterocycles. The van der Waals surface area contributed by atoms with E-state index in [1.165, 1.54) is 24.3 Å². The van der Waals surface area contributed by atoms with Crippen LogP contribution in [-0.2, 0) is 53.0 Å². The average Bonchev–Trinajstić information content (AvgIpc) is 3.18. The molecule has 322 valence electrons. The molecule has 33 heteroatoms. The summed E-state index contributed by atoms with van der Waals surface area (Å²) in [6.45, 7) is -0.509. The number of fused-ring (bicyclic) bond motifs is 1. The average molecular weight is 964 g/mol. The van der Waals surface area contributed by atoms with Gasteiger partial charge in [0.15, 0.2) is 34.1 Å². The molecular weight excluding hydrogens is 942 g/mol. The maximum Gasteiger partial charge on any atom is 0.296 e. The number of aromatic hydroxyl groups is 1. The molecule has 0 radical (unpaired) electrons. The highest BCUT2D eigenvalue weighted by molar-refractivity contribution is 7.94. The number of nitrogens with one attached hydrogen (secondary N) is 2. The van der Waals surface area contributed by atoms with E-state index in [0.29, 0.717) is 6.07 Å². The first-order valence-electron chi connectivity index (χ1n) is 15.5. The highest BCUT2D eigenvalue weighted by Gasteiger charge is 2.24. The van der Waals surface area contributed by atoms with Gasteiger partial charge in [-0.15, -0.1) is 29.1 Å². The molecule has 0 spiro atoms. The molecule has 0 saturated carbocycles. The van der Waals surface area contributed by atoms with E-state index in [-0.39, 0.29) is 74.3 Å². The second-order valence-electron chi connectivity index (χ2n) is 11.0. The fourth-order valence-corrected chi connectivity index (χ4v) is 8.20. The van der Waals surface area contributed by atoms with Crippen LogP contribution >= 0.6 is 36.0 Å². The lowest BCUT2D eigenvalue weighted by Crippen LogP contribution is -2.12. The molecule has 0 fully saturated rings. The quantitative estimate of drug-likeness (QED) is 0.00531. The zero-order valence-electron chi connectivity index (χ0n) is 29.4. The molecule has 27 nitrogen and oxygen atoms in total.